The van der Waals surface area contributed by atoms with Crippen LogP contribution in [0.1, 0.15) is 107 Å². The maximum atomic E-state index is 14.7. The van der Waals surface area contributed by atoms with Crippen molar-refractivity contribution in [3.05, 3.63) is 28.0 Å². The molecule has 0 aromatic carbocycles. The van der Waals surface area contributed by atoms with E-state index < -0.39 is 30.1 Å². The first-order valence-corrected chi connectivity index (χ1v) is 17.2. The number of nitrogens with one attached hydrogen (secondary N) is 1. The van der Waals surface area contributed by atoms with Gasteiger partial charge in [0, 0.05) is 44.6 Å². The smallest absolute Gasteiger partial charge is 0.355 e. The minimum absolute atomic E-state index is 0.0568. The van der Waals surface area contributed by atoms with Crippen LogP contribution in [0.15, 0.2) is 11.6 Å². The van der Waals surface area contributed by atoms with Gasteiger partial charge in [0.25, 0.3) is 0 Å². The fourth-order valence-corrected chi connectivity index (χ4v) is 6.80. The summed E-state index contributed by atoms with van der Waals surface area (Å²) >= 11 is 1.11. The largest absolute Gasteiger partial charge is 0.476 e. The summed E-state index contributed by atoms with van der Waals surface area (Å²) in [4.78, 5) is 60.1. The van der Waals surface area contributed by atoms with Crippen molar-refractivity contribution in [2.75, 3.05) is 20.1 Å². The summed E-state index contributed by atoms with van der Waals surface area (Å²) in [6, 6.07) is -1.41. The number of esters is 1. The molecule has 0 radical (unpaired) electrons. The average Bonchev–Trinajstić information content (AvgIpc) is 3.67. The summed E-state index contributed by atoms with van der Waals surface area (Å²) in [5.41, 5.74) is 0.748. The second-order valence-corrected chi connectivity index (χ2v) is 13.6. The van der Waals surface area contributed by atoms with E-state index in [1.807, 2.05) is 52.9 Å². The van der Waals surface area contributed by atoms with Crippen molar-refractivity contribution in [3.8, 4) is 0 Å². The van der Waals surface area contributed by atoms with Crippen LogP contribution in [-0.4, -0.2) is 96.9 Å². The predicted octanol–water partition coefficient (Wildman–Crippen LogP) is 3.86. The maximum absolute atomic E-state index is 14.7. The number of hydrogen-bond acceptors (Lipinski definition) is 10. The van der Waals surface area contributed by atoms with E-state index in [-0.39, 0.29) is 41.8 Å². The molecule has 0 bridgehead atoms. The van der Waals surface area contributed by atoms with Gasteiger partial charge in [-0.1, -0.05) is 45.7 Å². The van der Waals surface area contributed by atoms with Crippen LogP contribution in [0.3, 0.4) is 0 Å². The van der Waals surface area contributed by atoms with E-state index in [0.29, 0.717) is 30.8 Å². The number of piperidine rings is 1. The number of unbranched alkanes of at least 4 members (excludes halogenated alkanes) is 1. The third-order valence-electron chi connectivity index (χ3n) is 8.82. The van der Waals surface area contributed by atoms with Gasteiger partial charge in [-0.15, -0.1) is 16.4 Å². The van der Waals surface area contributed by atoms with Crippen LogP contribution in [0, 0.1) is 11.8 Å². The fraction of sp³-hybridized carbons (Fsp3) is 0.719. The van der Waals surface area contributed by atoms with Crippen molar-refractivity contribution in [1.29, 1.82) is 0 Å². The molecule has 2 aromatic heterocycles. The van der Waals surface area contributed by atoms with Gasteiger partial charge in [-0.2, -0.15) is 0 Å². The number of ether oxygens (including phenoxy) is 1. The van der Waals surface area contributed by atoms with Crippen LogP contribution < -0.4 is 5.32 Å². The van der Waals surface area contributed by atoms with E-state index in [1.165, 1.54) is 12.3 Å². The molecule has 1 aliphatic heterocycles. The van der Waals surface area contributed by atoms with Gasteiger partial charge in [0.05, 0.1) is 11.7 Å². The third-order valence-corrected chi connectivity index (χ3v) is 9.75. The first-order chi connectivity index (χ1) is 21.8. The third kappa shape index (κ3) is 10.3. The monoisotopic (exact) mass is 661 g/mol. The van der Waals surface area contributed by atoms with Gasteiger partial charge < -0.3 is 20.1 Å². The van der Waals surface area contributed by atoms with E-state index >= 15 is 0 Å². The normalized spacial score (nSPS) is 18.0. The molecule has 1 unspecified atom stereocenters. The van der Waals surface area contributed by atoms with Gasteiger partial charge >= 0.3 is 11.9 Å². The number of thiazole rings is 1. The standard InChI is InChI=1S/C32H51N7O6S/c1-8-21(4)28(34-29(41)25-14-10-11-15-37(25)6)31(42)39(16-12-9-13-23-18-38(7)36-35-23)26(20(2)3)17-27(45-22(5)40)30-33-24(19-46-30)32(43)44/h18-21,25-28H,8-17H2,1-7H3,(H,34,41)(H,43,44)/t21-,25?,26+,27+,28-/m0/s1. The molecule has 13 nitrogen and oxygen atoms in total. The topological polar surface area (TPSA) is 160 Å². The molecule has 0 spiro atoms. The summed E-state index contributed by atoms with van der Waals surface area (Å²) in [6.45, 7) is 10.6. The van der Waals surface area contributed by atoms with Crippen molar-refractivity contribution in [2.45, 2.75) is 110 Å². The first kappa shape index (κ1) is 37.1. The Hall–Kier alpha value is -3.39. The highest BCUT2D eigenvalue weighted by atomic mass is 32.1. The van der Waals surface area contributed by atoms with Crippen LogP contribution in [0.5, 0.6) is 0 Å². The molecular formula is C32H51N7O6S. The number of aromatic carboxylic acids is 1. The Labute approximate surface area is 276 Å². The molecule has 0 saturated carbocycles. The number of aryl methyl sites for hydroxylation is 2. The summed E-state index contributed by atoms with van der Waals surface area (Å²) < 4.78 is 7.36. The Morgan fingerprint density at radius 3 is 2.48 bits per heavy atom. The molecule has 0 aliphatic carbocycles. The lowest BCUT2D eigenvalue weighted by molar-refractivity contribution is -0.149. The lowest BCUT2D eigenvalue weighted by atomic mass is 9.91. The summed E-state index contributed by atoms with van der Waals surface area (Å²) in [7, 11) is 3.77. The van der Waals surface area contributed by atoms with E-state index in [9.17, 15) is 24.3 Å². The van der Waals surface area contributed by atoms with Crippen LogP contribution in [0.25, 0.3) is 0 Å². The van der Waals surface area contributed by atoms with Crippen LogP contribution >= 0.6 is 11.3 Å². The first-order valence-electron chi connectivity index (χ1n) is 16.3. The molecule has 2 aromatic rings. The second kappa shape index (κ2) is 17.5. The van der Waals surface area contributed by atoms with Gasteiger partial charge in [0.15, 0.2) is 11.8 Å². The summed E-state index contributed by atoms with van der Waals surface area (Å²) in [5, 5.41) is 22.6. The van der Waals surface area contributed by atoms with Crippen molar-refractivity contribution < 1.29 is 29.0 Å². The minimum Gasteiger partial charge on any atom is -0.476 e. The number of nitrogens with zero attached hydrogens (tertiary/aromatic N) is 6. The molecule has 2 amide bonds. The molecule has 1 aliphatic rings. The zero-order chi connectivity index (χ0) is 34.0. The van der Waals surface area contributed by atoms with E-state index in [2.05, 4.69) is 25.5 Å². The summed E-state index contributed by atoms with van der Waals surface area (Å²) in [5.74, 6) is -2.18. The number of carbonyl (C=O) groups excluding carboxylic acids is 3. The minimum atomic E-state index is -1.17. The highest BCUT2D eigenvalue weighted by Gasteiger charge is 2.38. The number of hydrogen-bond donors (Lipinski definition) is 2. The molecule has 46 heavy (non-hydrogen) atoms. The number of aromatic nitrogens is 4. The number of carboxylic acid groups (broad SMARTS) is 1. The molecule has 14 heteroatoms. The van der Waals surface area contributed by atoms with Gasteiger partial charge in [-0.05, 0) is 57.5 Å². The molecule has 3 heterocycles. The zero-order valence-electron chi connectivity index (χ0n) is 28.3. The van der Waals surface area contributed by atoms with E-state index in [4.69, 9.17) is 4.74 Å². The zero-order valence-corrected chi connectivity index (χ0v) is 29.1. The molecule has 5 atom stereocenters. The Morgan fingerprint density at radius 2 is 1.91 bits per heavy atom. The quantitative estimate of drug-likeness (QED) is 0.188. The van der Waals surface area contributed by atoms with Gasteiger partial charge in [-0.3, -0.25) is 24.0 Å². The van der Waals surface area contributed by atoms with Crippen molar-refractivity contribution >= 4 is 35.1 Å². The number of likely N-dealkylation sites (N-methyl/N-ethyl adjacent to an activating group) is 1. The van der Waals surface area contributed by atoms with E-state index in [0.717, 1.165) is 49.3 Å². The van der Waals surface area contributed by atoms with Crippen molar-refractivity contribution in [2.24, 2.45) is 18.9 Å². The van der Waals surface area contributed by atoms with Crippen LogP contribution in [0.4, 0.5) is 0 Å². The Morgan fingerprint density at radius 1 is 1.17 bits per heavy atom. The average molecular weight is 662 g/mol. The lowest BCUT2D eigenvalue weighted by Gasteiger charge is -2.40. The SMILES string of the molecule is CC[C@H](C)[C@H](NC(=O)C1CCCCN1C)C(=O)N(CCCCc1cn(C)nn1)[C@H](C[C@@H](OC(C)=O)c1nc(C(=O)O)cs1)C(C)C. The molecule has 1 saturated heterocycles. The van der Waals surface area contributed by atoms with Gasteiger partial charge in [0.1, 0.15) is 11.0 Å². The summed E-state index contributed by atoms with van der Waals surface area (Å²) in [6.07, 6.45) is 6.86. The second-order valence-electron chi connectivity index (χ2n) is 12.8. The number of carboxylic acids is 1. The number of rotatable bonds is 17. The highest BCUT2D eigenvalue weighted by Crippen LogP contribution is 2.32. The molecule has 1 fully saturated rings. The van der Waals surface area contributed by atoms with Crippen LogP contribution in [0.2, 0.25) is 0 Å². The number of amides is 2. The van der Waals surface area contributed by atoms with E-state index in [1.54, 1.807) is 4.68 Å². The molecule has 3 rings (SSSR count). The molecule has 2 N–H and O–H groups in total. The number of likely N-dealkylation sites (tertiary alicyclic amines) is 1. The lowest BCUT2D eigenvalue weighted by Crippen LogP contribution is -2.59. The van der Waals surface area contributed by atoms with Crippen molar-refractivity contribution in [3.63, 3.8) is 0 Å². The van der Waals surface area contributed by atoms with Crippen LogP contribution in [-0.2, 0) is 32.6 Å². The Balaban J connectivity index is 1.93. The Bertz CT molecular complexity index is 1310. The molecular weight excluding hydrogens is 610 g/mol. The predicted molar refractivity (Wildman–Crippen MR) is 174 cm³/mol. The number of carbonyl (C=O) groups is 4. The fourth-order valence-electron chi connectivity index (χ4n) is 5.97. The van der Waals surface area contributed by atoms with Gasteiger partial charge in [-0.25, -0.2) is 9.78 Å². The Kier molecular flexibility index (Phi) is 14.1. The van der Waals surface area contributed by atoms with Gasteiger partial charge in [0.2, 0.25) is 11.8 Å². The van der Waals surface area contributed by atoms with Crippen molar-refractivity contribution in [1.82, 2.24) is 35.1 Å². The highest BCUT2D eigenvalue weighted by molar-refractivity contribution is 7.09. The molecule has 256 valence electrons. The maximum Gasteiger partial charge on any atom is 0.355 e.